The summed E-state index contributed by atoms with van der Waals surface area (Å²) in [5.41, 5.74) is 3.44. The maximum Gasteiger partial charge on any atom is 0.110 e. The molecule has 0 aliphatic carbocycles. The lowest BCUT2D eigenvalue weighted by Gasteiger charge is -2.32. The van der Waals surface area contributed by atoms with Crippen molar-refractivity contribution in [2.75, 3.05) is 11.6 Å². The van der Waals surface area contributed by atoms with E-state index in [1.807, 2.05) is 30.3 Å². The fourth-order valence-electron chi connectivity index (χ4n) is 2.07. The van der Waals surface area contributed by atoms with Crippen LogP contribution in [0.15, 0.2) is 54.6 Å². The summed E-state index contributed by atoms with van der Waals surface area (Å²) in [5.74, 6) is 0. The number of rotatable bonds is 1. The maximum atomic E-state index is 5.33. The fraction of sp³-hybridized carbons (Fsp3) is 0.0714. The SMILES string of the molecule is S=C1NCN(c2ccccc2)c2ccccc21. The molecule has 2 aromatic carbocycles. The lowest BCUT2D eigenvalue weighted by atomic mass is 10.1. The molecular weight excluding hydrogens is 228 g/mol. The van der Waals surface area contributed by atoms with E-state index in [1.165, 1.54) is 11.4 Å². The molecular formula is C14H12N2S. The van der Waals surface area contributed by atoms with Crippen molar-refractivity contribution in [3.05, 3.63) is 60.2 Å². The average Bonchev–Trinajstić information content (AvgIpc) is 2.41. The molecule has 0 bridgehead atoms. The van der Waals surface area contributed by atoms with E-state index in [1.54, 1.807) is 0 Å². The minimum Gasteiger partial charge on any atom is -0.358 e. The smallest absolute Gasteiger partial charge is 0.110 e. The Labute approximate surface area is 106 Å². The number of nitrogens with zero attached hydrogens (tertiary/aromatic N) is 1. The molecule has 3 heteroatoms. The number of thiocarbonyl (C=S) groups is 1. The lowest BCUT2D eigenvalue weighted by Crippen LogP contribution is -2.40. The van der Waals surface area contributed by atoms with Crippen molar-refractivity contribution in [2.24, 2.45) is 0 Å². The van der Waals surface area contributed by atoms with Gasteiger partial charge in [-0.25, -0.2) is 0 Å². The molecule has 0 aromatic heterocycles. The van der Waals surface area contributed by atoms with Crippen LogP contribution < -0.4 is 10.2 Å². The van der Waals surface area contributed by atoms with Crippen LogP contribution in [0.1, 0.15) is 5.56 Å². The van der Waals surface area contributed by atoms with Gasteiger partial charge in [-0.15, -0.1) is 0 Å². The number of fused-ring (bicyclic) bond motifs is 1. The van der Waals surface area contributed by atoms with E-state index in [0.29, 0.717) is 0 Å². The average molecular weight is 240 g/mol. The van der Waals surface area contributed by atoms with Crippen molar-refractivity contribution in [1.82, 2.24) is 5.32 Å². The molecule has 3 rings (SSSR count). The van der Waals surface area contributed by atoms with Crippen molar-refractivity contribution in [3.8, 4) is 0 Å². The van der Waals surface area contributed by atoms with E-state index >= 15 is 0 Å². The van der Waals surface area contributed by atoms with Crippen molar-refractivity contribution in [1.29, 1.82) is 0 Å². The monoisotopic (exact) mass is 240 g/mol. The predicted octanol–water partition coefficient (Wildman–Crippen LogP) is 3.06. The van der Waals surface area contributed by atoms with Crippen LogP contribution in [0.4, 0.5) is 11.4 Å². The number of nitrogens with one attached hydrogen (secondary N) is 1. The van der Waals surface area contributed by atoms with Gasteiger partial charge in [0.05, 0.1) is 12.4 Å². The molecule has 0 unspecified atom stereocenters. The Kier molecular flexibility index (Phi) is 2.53. The second-order valence-electron chi connectivity index (χ2n) is 3.94. The highest BCUT2D eigenvalue weighted by Crippen LogP contribution is 2.30. The highest BCUT2D eigenvalue weighted by Gasteiger charge is 2.20. The fourth-order valence-corrected chi connectivity index (χ4v) is 2.31. The van der Waals surface area contributed by atoms with Gasteiger partial charge in [-0.05, 0) is 24.3 Å². The zero-order valence-corrected chi connectivity index (χ0v) is 10.1. The Hall–Kier alpha value is -1.87. The second kappa shape index (κ2) is 4.18. The summed E-state index contributed by atoms with van der Waals surface area (Å²) < 4.78 is 0. The number of anilines is 2. The van der Waals surface area contributed by atoms with Gasteiger partial charge in [-0.3, -0.25) is 0 Å². The third-order valence-corrected chi connectivity index (χ3v) is 3.27. The number of hydrogen-bond acceptors (Lipinski definition) is 2. The van der Waals surface area contributed by atoms with E-state index in [0.717, 1.165) is 17.2 Å². The third-order valence-electron chi connectivity index (χ3n) is 2.91. The van der Waals surface area contributed by atoms with Crippen molar-refractivity contribution < 1.29 is 0 Å². The Morgan fingerprint density at radius 1 is 0.941 bits per heavy atom. The molecule has 17 heavy (non-hydrogen) atoms. The minimum atomic E-state index is 0.722. The van der Waals surface area contributed by atoms with Crippen LogP contribution in [0.5, 0.6) is 0 Å². The minimum absolute atomic E-state index is 0.722. The summed E-state index contributed by atoms with van der Waals surface area (Å²) in [6, 6.07) is 18.5. The first-order chi connectivity index (χ1) is 8.36. The quantitative estimate of drug-likeness (QED) is 0.771. The van der Waals surface area contributed by atoms with Crippen LogP contribution in [-0.4, -0.2) is 11.7 Å². The molecule has 1 heterocycles. The summed E-state index contributed by atoms with van der Waals surface area (Å²) in [6.07, 6.45) is 0. The van der Waals surface area contributed by atoms with Gasteiger partial charge in [0.25, 0.3) is 0 Å². The summed E-state index contributed by atoms with van der Waals surface area (Å²) in [6.45, 7) is 0.722. The summed E-state index contributed by atoms with van der Waals surface area (Å²) in [5, 5.41) is 3.24. The normalized spacial score (nSPS) is 14.1. The van der Waals surface area contributed by atoms with E-state index < -0.39 is 0 Å². The van der Waals surface area contributed by atoms with Gasteiger partial charge in [0, 0.05) is 11.3 Å². The van der Waals surface area contributed by atoms with Gasteiger partial charge >= 0.3 is 0 Å². The number of hydrogen-bond donors (Lipinski definition) is 1. The molecule has 1 N–H and O–H groups in total. The molecule has 0 atom stereocenters. The number of para-hydroxylation sites is 2. The zero-order valence-electron chi connectivity index (χ0n) is 9.26. The summed E-state index contributed by atoms with van der Waals surface area (Å²) in [7, 11) is 0. The molecule has 2 nitrogen and oxygen atoms in total. The largest absolute Gasteiger partial charge is 0.358 e. The van der Waals surface area contributed by atoms with Gasteiger partial charge in [0.2, 0.25) is 0 Å². The molecule has 1 aliphatic heterocycles. The Morgan fingerprint density at radius 2 is 1.65 bits per heavy atom. The van der Waals surface area contributed by atoms with E-state index in [-0.39, 0.29) is 0 Å². The summed E-state index contributed by atoms with van der Waals surface area (Å²) in [4.78, 5) is 3.05. The van der Waals surface area contributed by atoms with Crippen LogP contribution >= 0.6 is 12.2 Å². The molecule has 2 aromatic rings. The van der Waals surface area contributed by atoms with E-state index in [9.17, 15) is 0 Å². The Bertz CT molecular complexity index is 551. The van der Waals surface area contributed by atoms with Gasteiger partial charge < -0.3 is 10.2 Å². The Balaban J connectivity index is 2.10. The van der Waals surface area contributed by atoms with Crippen LogP contribution in [0.2, 0.25) is 0 Å². The highest BCUT2D eigenvalue weighted by atomic mass is 32.1. The molecule has 0 spiro atoms. The van der Waals surface area contributed by atoms with Gasteiger partial charge in [-0.1, -0.05) is 42.5 Å². The molecule has 0 radical (unpaired) electrons. The highest BCUT2D eigenvalue weighted by molar-refractivity contribution is 7.80. The topological polar surface area (TPSA) is 15.3 Å². The maximum absolute atomic E-state index is 5.33. The van der Waals surface area contributed by atoms with Crippen LogP contribution in [-0.2, 0) is 0 Å². The molecule has 0 saturated carbocycles. The first-order valence-electron chi connectivity index (χ1n) is 5.56. The first-order valence-corrected chi connectivity index (χ1v) is 5.97. The molecule has 0 fully saturated rings. The van der Waals surface area contributed by atoms with Gasteiger partial charge in [0.15, 0.2) is 0 Å². The molecule has 84 valence electrons. The molecule has 0 amide bonds. The number of benzene rings is 2. The molecule has 0 saturated heterocycles. The first kappa shape index (κ1) is 10.3. The second-order valence-corrected chi connectivity index (χ2v) is 4.35. The van der Waals surface area contributed by atoms with E-state index in [2.05, 4.69) is 34.5 Å². The van der Waals surface area contributed by atoms with Crippen LogP contribution in [0, 0.1) is 0 Å². The zero-order chi connectivity index (χ0) is 11.7. The van der Waals surface area contributed by atoms with E-state index in [4.69, 9.17) is 12.2 Å². The summed E-state index contributed by atoms with van der Waals surface area (Å²) >= 11 is 5.33. The van der Waals surface area contributed by atoms with Crippen molar-refractivity contribution in [2.45, 2.75) is 0 Å². The van der Waals surface area contributed by atoms with Crippen LogP contribution in [0.3, 0.4) is 0 Å². The molecule has 1 aliphatic rings. The van der Waals surface area contributed by atoms with Gasteiger partial charge in [-0.2, -0.15) is 0 Å². The third kappa shape index (κ3) is 1.78. The standard InChI is InChI=1S/C14H12N2S/c17-14-12-8-4-5-9-13(12)16(10-15-14)11-6-2-1-3-7-11/h1-9H,10H2,(H,15,17). The van der Waals surface area contributed by atoms with Gasteiger partial charge in [0.1, 0.15) is 4.99 Å². The lowest BCUT2D eigenvalue weighted by molar-refractivity contribution is 0.867. The van der Waals surface area contributed by atoms with Crippen LogP contribution in [0.25, 0.3) is 0 Å². The van der Waals surface area contributed by atoms with Crippen molar-refractivity contribution >= 4 is 28.6 Å². The Morgan fingerprint density at radius 3 is 2.47 bits per heavy atom. The predicted molar refractivity (Wildman–Crippen MR) is 74.7 cm³/mol. The van der Waals surface area contributed by atoms with Crippen molar-refractivity contribution in [3.63, 3.8) is 0 Å².